The molecule has 0 fully saturated rings. The molecule has 0 radical (unpaired) electrons. The minimum Gasteiger partial charge on any atom is -0.469 e. The Labute approximate surface area is 155 Å². The molecule has 0 bridgehead atoms. The first-order valence-electron chi connectivity index (χ1n) is 8.06. The Balaban J connectivity index is 0.00000312. The first kappa shape index (κ1) is 21.4. The second kappa shape index (κ2) is 9.76. The van der Waals surface area contributed by atoms with Crippen LogP contribution in [-0.4, -0.2) is 25.3 Å². The van der Waals surface area contributed by atoms with Gasteiger partial charge in [0.1, 0.15) is 7.14 Å². The van der Waals surface area contributed by atoms with Crippen molar-refractivity contribution in [3.05, 3.63) is 60.7 Å². The molecule has 0 aliphatic rings. The van der Waals surface area contributed by atoms with Crippen molar-refractivity contribution in [2.45, 2.75) is 19.4 Å². The van der Waals surface area contributed by atoms with Gasteiger partial charge in [-0.2, -0.15) is 0 Å². The molecule has 0 spiro atoms. The summed E-state index contributed by atoms with van der Waals surface area (Å²) < 4.78 is 18.8. The summed E-state index contributed by atoms with van der Waals surface area (Å²) in [6.07, 6.45) is 0.784. The molecule has 2 unspecified atom stereocenters. The van der Waals surface area contributed by atoms with Gasteiger partial charge in [-0.05, 0) is 6.42 Å². The SMILES string of the molecule is CCC(C(=O)OC)C(N)CP(=O)(c1ccccc1)c1ccccc1.Cl. The number of hydrogen-bond acceptors (Lipinski definition) is 4. The summed E-state index contributed by atoms with van der Waals surface area (Å²) in [5.41, 5.74) is 6.29. The third-order valence-electron chi connectivity index (χ3n) is 4.28. The van der Waals surface area contributed by atoms with Gasteiger partial charge in [0.25, 0.3) is 0 Å². The van der Waals surface area contributed by atoms with Crippen molar-refractivity contribution in [3.8, 4) is 0 Å². The third kappa shape index (κ3) is 4.94. The maximum Gasteiger partial charge on any atom is 0.310 e. The summed E-state index contributed by atoms with van der Waals surface area (Å²) >= 11 is 0. The highest BCUT2D eigenvalue weighted by Gasteiger charge is 2.34. The van der Waals surface area contributed by atoms with E-state index >= 15 is 0 Å². The predicted molar refractivity (Wildman–Crippen MR) is 106 cm³/mol. The van der Waals surface area contributed by atoms with Crippen LogP contribution in [0.1, 0.15) is 13.3 Å². The van der Waals surface area contributed by atoms with Gasteiger partial charge in [0.2, 0.25) is 0 Å². The number of ether oxygens (including phenoxy) is 1. The lowest BCUT2D eigenvalue weighted by molar-refractivity contribution is -0.146. The van der Waals surface area contributed by atoms with E-state index in [1.807, 2.05) is 67.6 Å². The van der Waals surface area contributed by atoms with Crippen LogP contribution in [0.25, 0.3) is 0 Å². The zero-order valence-electron chi connectivity index (χ0n) is 14.5. The van der Waals surface area contributed by atoms with Crippen molar-refractivity contribution in [3.63, 3.8) is 0 Å². The smallest absolute Gasteiger partial charge is 0.310 e. The monoisotopic (exact) mass is 381 g/mol. The first-order chi connectivity index (χ1) is 11.5. The largest absolute Gasteiger partial charge is 0.469 e. The summed E-state index contributed by atoms with van der Waals surface area (Å²) in [6.45, 7) is 1.89. The number of methoxy groups -OCH3 is 1. The number of esters is 1. The molecule has 2 atom stereocenters. The van der Waals surface area contributed by atoms with Crippen molar-refractivity contribution in [2.24, 2.45) is 11.7 Å². The van der Waals surface area contributed by atoms with Crippen molar-refractivity contribution in [1.29, 1.82) is 0 Å². The molecular formula is C19H25ClNO3P. The van der Waals surface area contributed by atoms with Gasteiger partial charge in [0, 0.05) is 22.8 Å². The molecule has 2 rings (SSSR count). The highest BCUT2D eigenvalue weighted by atomic mass is 35.5. The summed E-state index contributed by atoms with van der Waals surface area (Å²) in [5.74, 6) is -0.812. The van der Waals surface area contributed by atoms with Gasteiger partial charge < -0.3 is 15.0 Å². The fourth-order valence-corrected chi connectivity index (χ4v) is 5.79. The van der Waals surface area contributed by atoms with E-state index in [0.29, 0.717) is 6.42 Å². The van der Waals surface area contributed by atoms with Crippen LogP contribution in [-0.2, 0) is 14.1 Å². The predicted octanol–water partition coefficient (Wildman–Crippen LogP) is 2.95. The Kier molecular flexibility index (Phi) is 8.37. The summed E-state index contributed by atoms with van der Waals surface area (Å²) in [4.78, 5) is 12.0. The van der Waals surface area contributed by atoms with Gasteiger partial charge in [-0.15, -0.1) is 12.4 Å². The zero-order chi connectivity index (χ0) is 17.6. The van der Waals surface area contributed by atoms with Crippen LogP contribution in [0.15, 0.2) is 60.7 Å². The second-order valence-electron chi connectivity index (χ2n) is 5.80. The molecule has 2 aromatic carbocycles. The van der Waals surface area contributed by atoms with E-state index in [4.69, 9.17) is 10.5 Å². The van der Waals surface area contributed by atoms with E-state index in [1.54, 1.807) is 0 Å². The number of carbonyl (C=O) groups is 1. The fourth-order valence-electron chi connectivity index (χ4n) is 2.92. The highest BCUT2D eigenvalue weighted by Crippen LogP contribution is 2.44. The fraction of sp³-hybridized carbons (Fsp3) is 0.316. The molecule has 0 aliphatic carbocycles. The standard InChI is InChI=1S/C19H24NO3P.ClH/c1-3-17(19(21)23-2)18(20)14-24(22,15-10-6-4-7-11-15)16-12-8-5-9-13-16;/h4-13,17-18H,3,14,20H2,1-2H3;1H. The Hall–Kier alpha value is -1.61. The lowest BCUT2D eigenvalue weighted by atomic mass is 9.99. The van der Waals surface area contributed by atoms with Crippen LogP contribution in [0, 0.1) is 5.92 Å². The van der Waals surface area contributed by atoms with Crippen LogP contribution < -0.4 is 16.3 Å². The first-order valence-corrected chi connectivity index (χ1v) is 9.95. The topological polar surface area (TPSA) is 69.4 Å². The van der Waals surface area contributed by atoms with Crippen molar-refractivity contribution in [1.82, 2.24) is 0 Å². The maximum absolute atomic E-state index is 13.9. The molecule has 2 N–H and O–H groups in total. The van der Waals surface area contributed by atoms with Gasteiger partial charge in [0.15, 0.2) is 0 Å². The van der Waals surface area contributed by atoms with Gasteiger partial charge in [-0.1, -0.05) is 67.6 Å². The van der Waals surface area contributed by atoms with Gasteiger partial charge >= 0.3 is 5.97 Å². The van der Waals surface area contributed by atoms with E-state index in [0.717, 1.165) is 10.6 Å². The maximum atomic E-state index is 13.9. The molecule has 0 saturated heterocycles. The number of halogens is 1. The quantitative estimate of drug-likeness (QED) is 0.591. The van der Waals surface area contributed by atoms with Crippen molar-refractivity contribution in [2.75, 3.05) is 13.3 Å². The molecule has 0 saturated carbocycles. The van der Waals surface area contributed by atoms with Gasteiger partial charge in [-0.25, -0.2) is 0 Å². The van der Waals surface area contributed by atoms with E-state index in [2.05, 4.69) is 0 Å². The Morgan fingerprint density at radius 2 is 1.48 bits per heavy atom. The minimum atomic E-state index is -2.93. The molecule has 4 nitrogen and oxygen atoms in total. The molecule has 0 aromatic heterocycles. The highest BCUT2D eigenvalue weighted by molar-refractivity contribution is 7.78. The summed E-state index contributed by atoms with van der Waals surface area (Å²) in [7, 11) is -1.58. The average Bonchev–Trinajstić information content (AvgIpc) is 2.63. The minimum absolute atomic E-state index is 0. The van der Waals surface area contributed by atoms with Crippen LogP contribution in [0.3, 0.4) is 0 Å². The van der Waals surface area contributed by atoms with Gasteiger partial charge in [0.05, 0.1) is 13.0 Å². The lowest BCUT2D eigenvalue weighted by Crippen LogP contribution is -2.40. The van der Waals surface area contributed by atoms with Crippen LogP contribution in [0.2, 0.25) is 0 Å². The average molecular weight is 382 g/mol. The van der Waals surface area contributed by atoms with Crippen LogP contribution in [0.5, 0.6) is 0 Å². The molecule has 136 valence electrons. The molecule has 0 amide bonds. The zero-order valence-corrected chi connectivity index (χ0v) is 16.2. The molecule has 0 heterocycles. The van der Waals surface area contributed by atoms with E-state index in [1.165, 1.54) is 7.11 Å². The Morgan fingerprint density at radius 3 is 1.84 bits per heavy atom. The second-order valence-corrected chi connectivity index (χ2v) is 8.67. The third-order valence-corrected chi connectivity index (χ3v) is 7.48. The number of carbonyl (C=O) groups excluding carboxylic acids is 1. The molecule has 6 heteroatoms. The molecule has 25 heavy (non-hydrogen) atoms. The van der Waals surface area contributed by atoms with E-state index < -0.39 is 19.1 Å². The molecule has 2 aromatic rings. The lowest BCUT2D eigenvalue weighted by Gasteiger charge is -2.26. The van der Waals surface area contributed by atoms with Crippen LogP contribution in [0.4, 0.5) is 0 Å². The van der Waals surface area contributed by atoms with Gasteiger partial charge in [-0.3, -0.25) is 4.79 Å². The van der Waals surface area contributed by atoms with Crippen LogP contribution >= 0.6 is 19.5 Å². The number of benzene rings is 2. The summed E-state index contributed by atoms with van der Waals surface area (Å²) in [5, 5.41) is 1.51. The number of nitrogens with two attached hydrogens (primary N) is 1. The normalized spacial score (nSPS) is 13.4. The summed E-state index contributed by atoms with van der Waals surface area (Å²) in [6, 6.07) is 18.2. The molecule has 0 aliphatic heterocycles. The van der Waals surface area contributed by atoms with E-state index in [9.17, 15) is 9.36 Å². The van der Waals surface area contributed by atoms with Crippen molar-refractivity contribution < 1.29 is 14.1 Å². The van der Waals surface area contributed by atoms with E-state index in [-0.39, 0.29) is 24.5 Å². The van der Waals surface area contributed by atoms with Crippen molar-refractivity contribution >= 4 is 36.1 Å². The number of rotatable bonds is 7. The molecular weight excluding hydrogens is 357 g/mol. The Morgan fingerprint density at radius 1 is 1.04 bits per heavy atom. The number of hydrogen-bond donors (Lipinski definition) is 1. The Bertz CT molecular complexity index is 666.